The Morgan fingerprint density at radius 3 is 2.50 bits per heavy atom. The van der Waals surface area contributed by atoms with E-state index in [2.05, 4.69) is 5.10 Å². The van der Waals surface area contributed by atoms with Gasteiger partial charge in [0.05, 0.1) is 11.4 Å². The summed E-state index contributed by atoms with van der Waals surface area (Å²) in [5.41, 5.74) is 1.47. The van der Waals surface area contributed by atoms with Crippen LogP contribution >= 0.6 is 0 Å². The second-order valence-corrected chi connectivity index (χ2v) is 9.46. The third kappa shape index (κ3) is 3.87. The molecule has 0 spiro atoms. The standard InChI is InChI=1S/C24H31N5O3/c1-26-20-7-3-2-6-19(20)22(25-26)24(32)28-12-8-17(9-13-28)15-29-16-18(14-21(29)30)23(31)27-10-4-5-11-27/h2-3,6-7,17-18H,4-5,8-16H2,1H3. The van der Waals surface area contributed by atoms with Gasteiger partial charge in [0.2, 0.25) is 11.8 Å². The number of aromatic nitrogens is 2. The molecule has 0 aliphatic carbocycles. The second kappa shape index (κ2) is 8.56. The molecule has 8 heteroatoms. The van der Waals surface area contributed by atoms with Gasteiger partial charge in [-0.1, -0.05) is 18.2 Å². The number of fused-ring (bicyclic) bond motifs is 1. The van der Waals surface area contributed by atoms with Crippen LogP contribution in [0.5, 0.6) is 0 Å². The Labute approximate surface area is 188 Å². The number of hydrogen-bond acceptors (Lipinski definition) is 4. The van der Waals surface area contributed by atoms with E-state index >= 15 is 0 Å². The Bertz CT molecular complexity index is 1030. The van der Waals surface area contributed by atoms with Crippen molar-refractivity contribution in [2.45, 2.75) is 32.1 Å². The first-order valence-electron chi connectivity index (χ1n) is 11.8. The van der Waals surface area contributed by atoms with Crippen molar-refractivity contribution >= 4 is 28.6 Å². The van der Waals surface area contributed by atoms with Crippen LogP contribution in [0, 0.1) is 11.8 Å². The minimum Gasteiger partial charge on any atom is -0.342 e. The van der Waals surface area contributed by atoms with Crippen LogP contribution in [-0.2, 0) is 16.6 Å². The van der Waals surface area contributed by atoms with Crippen LogP contribution in [0.2, 0.25) is 0 Å². The summed E-state index contributed by atoms with van der Waals surface area (Å²) < 4.78 is 1.76. The van der Waals surface area contributed by atoms with E-state index in [4.69, 9.17) is 0 Å². The third-order valence-electron chi connectivity index (χ3n) is 7.32. The minimum atomic E-state index is -0.181. The van der Waals surface area contributed by atoms with E-state index < -0.39 is 0 Å². The van der Waals surface area contributed by atoms with Crippen LogP contribution in [-0.4, -0.2) is 81.5 Å². The van der Waals surface area contributed by atoms with Gasteiger partial charge >= 0.3 is 0 Å². The summed E-state index contributed by atoms with van der Waals surface area (Å²) in [6.45, 7) is 4.26. The highest BCUT2D eigenvalue weighted by Gasteiger charge is 2.38. The minimum absolute atomic E-state index is 0.0197. The number of aryl methyl sites for hydroxylation is 1. The molecule has 1 aromatic heterocycles. The SMILES string of the molecule is Cn1nc(C(=O)N2CCC(CN3CC(C(=O)N4CCCC4)CC3=O)CC2)c2ccccc21. The maximum atomic E-state index is 13.1. The van der Waals surface area contributed by atoms with Crippen LogP contribution in [0.4, 0.5) is 0 Å². The first-order chi connectivity index (χ1) is 15.5. The summed E-state index contributed by atoms with van der Waals surface area (Å²) in [4.78, 5) is 44.0. The smallest absolute Gasteiger partial charge is 0.275 e. The summed E-state index contributed by atoms with van der Waals surface area (Å²) in [6, 6.07) is 7.80. The van der Waals surface area contributed by atoms with Crippen molar-refractivity contribution in [2.24, 2.45) is 18.9 Å². The molecule has 8 nitrogen and oxygen atoms in total. The number of rotatable bonds is 4. The van der Waals surface area contributed by atoms with Crippen LogP contribution in [0.25, 0.3) is 10.9 Å². The van der Waals surface area contributed by atoms with E-state index in [-0.39, 0.29) is 23.6 Å². The van der Waals surface area contributed by atoms with E-state index in [0.29, 0.717) is 44.2 Å². The number of benzene rings is 1. The number of para-hydroxylation sites is 1. The fourth-order valence-corrected chi connectivity index (χ4v) is 5.46. The van der Waals surface area contributed by atoms with Gasteiger partial charge in [-0.3, -0.25) is 19.1 Å². The molecule has 3 amide bonds. The normalized spacial score (nSPS) is 22.3. The lowest BCUT2D eigenvalue weighted by atomic mass is 9.96. The molecule has 3 aliphatic heterocycles. The molecule has 5 rings (SSSR count). The Morgan fingerprint density at radius 1 is 1.03 bits per heavy atom. The van der Waals surface area contributed by atoms with Gasteiger partial charge in [0.15, 0.2) is 5.69 Å². The molecule has 1 unspecified atom stereocenters. The third-order valence-corrected chi connectivity index (χ3v) is 7.32. The lowest BCUT2D eigenvalue weighted by Gasteiger charge is -2.33. The highest BCUT2D eigenvalue weighted by atomic mass is 16.2. The van der Waals surface area contributed by atoms with E-state index in [1.165, 1.54) is 0 Å². The molecule has 1 aromatic carbocycles. The van der Waals surface area contributed by atoms with Crippen molar-refractivity contribution in [1.29, 1.82) is 0 Å². The largest absolute Gasteiger partial charge is 0.342 e. The van der Waals surface area contributed by atoms with Crippen LogP contribution < -0.4 is 0 Å². The van der Waals surface area contributed by atoms with Gasteiger partial charge < -0.3 is 14.7 Å². The Kier molecular flexibility index (Phi) is 5.61. The summed E-state index contributed by atoms with van der Waals surface area (Å²) in [5, 5.41) is 5.36. The number of nitrogens with zero attached hydrogens (tertiary/aromatic N) is 5. The van der Waals surface area contributed by atoms with Gasteiger partial charge in [-0.2, -0.15) is 5.10 Å². The molecule has 32 heavy (non-hydrogen) atoms. The topological polar surface area (TPSA) is 78.8 Å². The molecule has 1 atom stereocenters. The van der Waals surface area contributed by atoms with E-state index in [1.54, 1.807) is 4.68 Å². The fourth-order valence-electron chi connectivity index (χ4n) is 5.46. The van der Waals surface area contributed by atoms with E-state index in [0.717, 1.165) is 49.7 Å². The summed E-state index contributed by atoms with van der Waals surface area (Å²) >= 11 is 0. The van der Waals surface area contributed by atoms with Crippen molar-refractivity contribution in [3.05, 3.63) is 30.0 Å². The molecule has 4 heterocycles. The lowest BCUT2D eigenvalue weighted by Crippen LogP contribution is -2.42. The molecule has 0 N–H and O–H groups in total. The van der Waals surface area contributed by atoms with Crippen molar-refractivity contribution < 1.29 is 14.4 Å². The summed E-state index contributed by atoms with van der Waals surface area (Å²) in [7, 11) is 1.86. The molecular formula is C24H31N5O3. The number of likely N-dealkylation sites (tertiary alicyclic amines) is 3. The fraction of sp³-hybridized carbons (Fsp3) is 0.583. The molecule has 3 fully saturated rings. The van der Waals surface area contributed by atoms with Crippen molar-refractivity contribution in [1.82, 2.24) is 24.5 Å². The Balaban J connectivity index is 1.16. The summed E-state index contributed by atoms with van der Waals surface area (Å²) in [6.07, 6.45) is 4.22. The van der Waals surface area contributed by atoms with Gasteiger partial charge in [0.1, 0.15) is 0 Å². The van der Waals surface area contributed by atoms with E-state index in [9.17, 15) is 14.4 Å². The summed E-state index contributed by atoms with van der Waals surface area (Å²) in [5.74, 6) is 0.417. The highest BCUT2D eigenvalue weighted by molar-refractivity contribution is 6.04. The van der Waals surface area contributed by atoms with Crippen LogP contribution in [0.15, 0.2) is 24.3 Å². The van der Waals surface area contributed by atoms with Gasteiger partial charge in [0.25, 0.3) is 5.91 Å². The average molecular weight is 438 g/mol. The molecular weight excluding hydrogens is 406 g/mol. The first-order valence-corrected chi connectivity index (χ1v) is 11.8. The van der Waals surface area contributed by atoms with E-state index in [1.807, 2.05) is 46.0 Å². The van der Waals surface area contributed by atoms with Gasteiger partial charge in [-0.15, -0.1) is 0 Å². The molecule has 0 radical (unpaired) electrons. The average Bonchev–Trinajstić information content (AvgIpc) is 3.54. The van der Waals surface area contributed by atoms with Gasteiger partial charge in [0, 0.05) is 58.1 Å². The zero-order chi connectivity index (χ0) is 22.2. The Hall–Kier alpha value is -2.90. The molecule has 0 bridgehead atoms. The second-order valence-electron chi connectivity index (χ2n) is 9.46. The predicted molar refractivity (Wildman–Crippen MR) is 120 cm³/mol. The van der Waals surface area contributed by atoms with Crippen LogP contribution in [0.3, 0.4) is 0 Å². The zero-order valence-corrected chi connectivity index (χ0v) is 18.7. The van der Waals surface area contributed by atoms with Gasteiger partial charge in [-0.25, -0.2) is 0 Å². The molecule has 0 saturated carbocycles. The number of carbonyl (C=O) groups excluding carboxylic acids is 3. The zero-order valence-electron chi connectivity index (χ0n) is 18.7. The quantitative estimate of drug-likeness (QED) is 0.732. The predicted octanol–water partition coefficient (Wildman–Crippen LogP) is 1.90. The van der Waals surface area contributed by atoms with Crippen LogP contribution in [0.1, 0.15) is 42.6 Å². The number of carbonyl (C=O) groups is 3. The number of hydrogen-bond donors (Lipinski definition) is 0. The highest BCUT2D eigenvalue weighted by Crippen LogP contribution is 2.27. The van der Waals surface area contributed by atoms with Crippen molar-refractivity contribution in [3.8, 4) is 0 Å². The molecule has 3 saturated heterocycles. The Morgan fingerprint density at radius 2 is 1.75 bits per heavy atom. The monoisotopic (exact) mass is 437 g/mol. The molecule has 2 aromatic rings. The maximum Gasteiger partial charge on any atom is 0.275 e. The molecule has 3 aliphatic rings. The number of amides is 3. The number of piperidine rings is 1. The first kappa shape index (κ1) is 21.0. The maximum absolute atomic E-state index is 13.1. The van der Waals surface area contributed by atoms with Crippen molar-refractivity contribution in [2.75, 3.05) is 39.3 Å². The van der Waals surface area contributed by atoms with Gasteiger partial charge in [-0.05, 0) is 37.7 Å². The molecule has 170 valence electrons. The van der Waals surface area contributed by atoms with Crippen molar-refractivity contribution in [3.63, 3.8) is 0 Å². The lowest BCUT2D eigenvalue weighted by molar-refractivity contribution is -0.134.